The van der Waals surface area contributed by atoms with Gasteiger partial charge in [-0.1, -0.05) is 0 Å². The third-order valence-electron chi connectivity index (χ3n) is 1.71. The van der Waals surface area contributed by atoms with Crippen LogP contribution >= 0.6 is 11.3 Å². The van der Waals surface area contributed by atoms with Crippen molar-refractivity contribution in [3.63, 3.8) is 0 Å². The topological polar surface area (TPSA) is 26.0 Å². The Morgan fingerprint density at radius 3 is 2.58 bits per heavy atom. The Morgan fingerprint density at radius 1 is 1.50 bits per heavy atom. The van der Waals surface area contributed by atoms with E-state index < -0.39 is 5.92 Å². The van der Waals surface area contributed by atoms with Crippen LogP contribution < -0.4 is 5.73 Å². The van der Waals surface area contributed by atoms with Gasteiger partial charge in [0.05, 0.1) is 0 Å². The van der Waals surface area contributed by atoms with Crippen LogP contribution in [-0.2, 0) is 5.92 Å². The molecule has 0 fully saturated rings. The van der Waals surface area contributed by atoms with Crippen LogP contribution in [0.2, 0.25) is 0 Å². The maximum absolute atomic E-state index is 13.2. The quantitative estimate of drug-likeness (QED) is 0.780. The molecule has 0 unspecified atom stereocenters. The maximum Gasteiger partial charge on any atom is 0.275 e. The molecular weight excluding hydrogens is 180 g/mol. The van der Waals surface area contributed by atoms with Crippen LogP contribution in [0.4, 0.5) is 8.78 Å². The van der Waals surface area contributed by atoms with Crippen molar-refractivity contribution in [3.05, 3.63) is 21.9 Å². The van der Waals surface area contributed by atoms with E-state index in [0.29, 0.717) is 5.56 Å². The fraction of sp³-hybridized carbons (Fsp3) is 0.500. The zero-order chi connectivity index (χ0) is 9.19. The average molecular weight is 191 g/mol. The first-order chi connectivity index (χ1) is 5.58. The summed E-state index contributed by atoms with van der Waals surface area (Å²) in [4.78, 5) is 0. The standard InChI is InChI=1S/C8H11F2NS/c1-6-4-12-5-7(6)8(9,10)2-3-11/h4-5H,2-3,11H2,1H3. The fourth-order valence-corrected chi connectivity index (χ4v) is 1.94. The number of thiophene rings is 1. The van der Waals surface area contributed by atoms with Crippen LogP contribution in [0.3, 0.4) is 0 Å². The Bertz CT molecular complexity index is 257. The number of halogens is 2. The fourth-order valence-electron chi connectivity index (χ4n) is 1.05. The summed E-state index contributed by atoms with van der Waals surface area (Å²) in [5.41, 5.74) is 5.87. The van der Waals surface area contributed by atoms with Gasteiger partial charge >= 0.3 is 0 Å². The molecule has 68 valence electrons. The lowest BCUT2D eigenvalue weighted by Gasteiger charge is -2.14. The number of aryl methyl sites for hydroxylation is 1. The number of alkyl halides is 2. The number of rotatable bonds is 3. The van der Waals surface area contributed by atoms with Gasteiger partial charge in [0.1, 0.15) is 0 Å². The number of hydrogen-bond acceptors (Lipinski definition) is 2. The molecule has 1 aromatic heterocycles. The number of hydrogen-bond donors (Lipinski definition) is 1. The molecule has 0 amide bonds. The van der Waals surface area contributed by atoms with Gasteiger partial charge in [-0.15, -0.1) is 0 Å². The molecular formula is C8H11F2NS. The van der Waals surface area contributed by atoms with E-state index in [1.165, 1.54) is 16.7 Å². The second-order valence-corrected chi connectivity index (χ2v) is 3.46. The van der Waals surface area contributed by atoms with Gasteiger partial charge in [0.25, 0.3) is 5.92 Å². The number of nitrogens with two attached hydrogens (primary N) is 1. The Morgan fingerprint density at radius 2 is 2.17 bits per heavy atom. The minimum atomic E-state index is -2.75. The highest BCUT2D eigenvalue weighted by Crippen LogP contribution is 2.34. The molecule has 2 N–H and O–H groups in total. The smallest absolute Gasteiger partial charge is 0.275 e. The van der Waals surface area contributed by atoms with Crippen LogP contribution in [0.5, 0.6) is 0 Å². The molecule has 0 aliphatic carbocycles. The van der Waals surface area contributed by atoms with Crippen molar-refractivity contribution >= 4 is 11.3 Å². The van der Waals surface area contributed by atoms with Gasteiger partial charge in [-0.05, 0) is 24.4 Å². The van der Waals surface area contributed by atoms with Crippen LogP contribution in [0.25, 0.3) is 0 Å². The predicted octanol–water partition coefficient (Wildman–Crippen LogP) is 2.50. The van der Waals surface area contributed by atoms with E-state index in [9.17, 15) is 8.78 Å². The Labute approximate surface area is 74.2 Å². The summed E-state index contributed by atoms with van der Waals surface area (Å²) in [6.07, 6.45) is -0.273. The SMILES string of the molecule is Cc1cscc1C(F)(F)CCN. The molecule has 1 aromatic rings. The molecule has 12 heavy (non-hydrogen) atoms. The largest absolute Gasteiger partial charge is 0.330 e. The third kappa shape index (κ3) is 1.81. The molecule has 0 radical (unpaired) electrons. The van der Waals surface area contributed by atoms with E-state index in [-0.39, 0.29) is 18.5 Å². The van der Waals surface area contributed by atoms with Crippen LogP contribution in [0.1, 0.15) is 17.5 Å². The van der Waals surface area contributed by atoms with Crippen molar-refractivity contribution in [2.45, 2.75) is 19.3 Å². The molecule has 0 aliphatic heterocycles. The molecule has 0 aromatic carbocycles. The predicted molar refractivity (Wildman–Crippen MR) is 46.6 cm³/mol. The van der Waals surface area contributed by atoms with Gasteiger partial charge in [0, 0.05) is 17.4 Å². The normalized spacial score (nSPS) is 12.0. The second kappa shape index (κ2) is 3.49. The molecule has 1 nitrogen and oxygen atoms in total. The average Bonchev–Trinajstić information content (AvgIpc) is 2.35. The van der Waals surface area contributed by atoms with E-state index in [1.807, 2.05) is 0 Å². The first kappa shape index (κ1) is 9.61. The molecule has 0 aliphatic rings. The van der Waals surface area contributed by atoms with Crippen LogP contribution in [0, 0.1) is 6.92 Å². The summed E-state index contributed by atoms with van der Waals surface area (Å²) in [6, 6.07) is 0. The summed E-state index contributed by atoms with van der Waals surface area (Å²) in [7, 11) is 0. The molecule has 0 spiro atoms. The van der Waals surface area contributed by atoms with Crippen molar-refractivity contribution < 1.29 is 8.78 Å². The van der Waals surface area contributed by atoms with Gasteiger partial charge in [0.15, 0.2) is 0 Å². The lowest BCUT2D eigenvalue weighted by atomic mass is 10.1. The van der Waals surface area contributed by atoms with Gasteiger partial charge in [-0.3, -0.25) is 0 Å². The Kier molecular flexibility index (Phi) is 2.80. The monoisotopic (exact) mass is 191 g/mol. The van der Waals surface area contributed by atoms with E-state index in [2.05, 4.69) is 0 Å². The van der Waals surface area contributed by atoms with Gasteiger partial charge in [-0.2, -0.15) is 11.3 Å². The molecule has 0 saturated heterocycles. The van der Waals surface area contributed by atoms with Crippen molar-refractivity contribution in [1.29, 1.82) is 0 Å². The first-order valence-corrected chi connectivity index (χ1v) is 4.63. The van der Waals surface area contributed by atoms with Crippen LogP contribution in [0.15, 0.2) is 10.8 Å². The molecule has 0 atom stereocenters. The summed E-state index contributed by atoms with van der Waals surface area (Å²) in [6.45, 7) is 1.71. The zero-order valence-electron chi connectivity index (χ0n) is 6.81. The summed E-state index contributed by atoms with van der Waals surface area (Å²) < 4.78 is 26.4. The molecule has 1 rings (SSSR count). The van der Waals surface area contributed by atoms with E-state index in [4.69, 9.17) is 5.73 Å². The minimum absolute atomic E-state index is 0.0162. The van der Waals surface area contributed by atoms with Gasteiger partial charge < -0.3 is 5.73 Å². The third-order valence-corrected chi connectivity index (χ3v) is 2.57. The molecule has 1 heterocycles. The highest BCUT2D eigenvalue weighted by molar-refractivity contribution is 7.08. The van der Waals surface area contributed by atoms with Gasteiger partial charge in [-0.25, -0.2) is 8.78 Å². The maximum atomic E-state index is 13.2. The molecule has 0 bridgehead atoms. The van der Waals surface area contributed by atoms with Crippen molar-refractivity contribution in [1.82, 2.24) is 0 Å². The van der Waals surface area contributed by atoms with Crippen molar-refractivity contribution in [2.75, 3.05) is 6.54 Å². The van der Waals surface area contributed by atoms with E-state index in [0.717, 1.165) is 0 Å². The Balaban J connectivity index is 2.88. The van der Waals surface area contributed by atoms with Crippen molar-refractivity contribution in [3.8, 4) is 0 Å². The zero-order valence-corrected chi connectivity index (χ0v) is 7.63. The van der Waals surface area contributed by atoms with Crippen LogP contribution in [-0.4, -0.2) is 6.54 Å². The highest BCUT2D eigenvalue weighted by Gasteiger charge is 2.32. The summed E-state index contributed by atoms with van der Waals surface area (Å²) in [5, 5.41) is 3.21. The molecule has 4 heteroatoms. The van der Waals surface area contributed by atoms with E-state index >= 15 is 0 Å². The van der Waals surface area contributed by atoms with Gasteiger partial charge in [0.2, 0.25) is 0 Å². The summed E-state index contributed by atoms with van der Waals surface area (Å²) >= 11 is 1.30. The van der Waals surface area contributed by atoms with Crippen molar-refractivity contribution in [2.24, 2.45) is 5.73 Å². The summed E-state index contributed by atoms with van der Waals surface area (Å²) in [5.74, 6) is -2.75. The van der Waals surface area contributed by atoms with E-state index in [1.54, 1.807) is 12.3 Å². The molecule has 0 saturated carbocycles. The Hall–Kier alpha value is -0.480. The highest BCUT2D eigenvalue weighted by atomic mass is 32.1. The minimum Gasteiger partial charge on any atom is -0.330 e. The first-order valence-electron chi connectivity index (χ1n) is 3.69. The lowest BCUT2D eigenvalue weighted by molar-refractivity contribution is -0.0108. The lowest BCUT2D eigenvalue weighted by Crippen LogP contribution is -2.18. The second-order valence-electron chi connectivity index (χ2n) is 2.71.